The molecule has 268 valence electrons. The van der Waals surface area contributed by atoms with Crippen LogP contribution >= 0.6 is 0 Å². The van der Waals surface area contributed by atoms with E-state index in [9.17, 15) is 0 Å². The van der Waals surface area contributed by atoms with Crippen LogP contribution in [0.1, 0.15) is 22.3 Å². The third-order valence-corrected chi connectivity index (χ3v) is 11.7. The number of benzene rings is 9. The minimum Gasteiger partial charge on any atom is -0.457 e. The highest BCUT2D eigenvalue weighted by Crippen LogP contribution is 2.63. The molecule has 9 aromatic carbocycles. The zero-order valence-corrected chi connectivity index (χ0v) is 31.2. The van der Waals surface area contributed by atoms with Crippen molar-refractivity contribution < 1.29 is 4.74 Å². The van der Waals surface area contributed by atoms with Crippen LogP contribution in [0.2, 0.25) is 0 Å². The van der Waals surface area contributed by atoms with Crippen LogP contribution in [-0.2, 0) is 5.41 Å². The first kappa shape index (κ1) is 33.0. The van der Waals surface area contributed by atoms with Crippen molar-refractivity contribution in [2.45, 2.75) is 5.41 Å². The zero-order chi connectivity index (χ0) is 37.8. The molecule has 0 saturated heterocycles. The molecule has 0 N–H and O–H groups in total. The van der Waals surface area contributed by atoms with Gasteiger partial charge in [-0.1, -0.05) is 176 Å². The number of rotatable bonds is 6. The van der Waals surface area contributed by atoms with E-state index in [-0.39, 0.29) is 0 Å². The second-order valence-corrected chi connectivity index (χ2v) is 14.8. The van der Waals surface area contributed by atoms with Crippen molar-refractivity contribution in [3.8, 4) is 56.0 Å². The molecule has 1 heterocycles. The second-order valence-electron chi connectivity index (χ2n) is 14.8. The molecule has 0 unspecified atom stereocenters. The van der Waals surface area contributed by atoms with Gasteiger partial charge in [0, 0.05) is 28.2 Å². The number of ether oxygens (including phenoxy) is 1. The van der Waals surface area contributed by atoms with Crippen LogP contribution in [0, 0.1) is 0 Å². The molecule has 57 heavy (non-hydrogen) atoms. The average Bonchev–Trinajstić information content (AvgIpc) is 3.58. The smallest absolute Gasteiger partial charge is 0.132 e. The van der Waals surface area contributed by atoms with E-state index in [1.165, 1.54) is 61.2 Å². The van der Waals surface area contributed by atoms with Gasteiger partial charge >= 0.3 is 0 Å². The number of fused-ring (bicyclic) bond motifs is 9. The van der Waals surface area contributed by atoms with Crippen LogP contribution in [0.5, 0.6) is 11.5 Å². The van der Waals surface area contributed by atoms with Gasteiger partial charge in [0.05, 0.1) is 5.41 Å². The molecule has 0 atom stereocenters. The highest BCUT2D eigenvalue weighted by Gasteiger charge is 2.51. The number of para-hydroxylation sites is 2. The van der Waals surface area contributed by atoms with Gasteiger partial charge in [-0.05, 0) is 104 Å². The molecule has 1 aliphatic heterocycles. The fraction of sp³-hybridized carbons (Fsp3) is 0.0182. The summed E-state index contributed by atoms with van der Waals surface area (Å²) in [4.78, 5) is 2.38. The Morgan fingerprint density at radius 3 is 1.42 bits per heavy atom. The number of nitrogens with zero attached hydrogens (tertiary/aromatic N) is 1. The normalized spacial score (nSPS) is 12.8. The molecule has 0 amide bonds. The summed E-state index contributed by atoms with van der Waals surface area (Å²) in [6.45, 7) is 0. The van der Waals surface area contributed by atoms with Gasteiger partial charge in [-0.25, -0.2) is 0 Å². The Bertz CT molecular complexity index is 2890. The van der Waals surface area contributed by atoms with E-state index >= 15 is 0 Å². The highest BCUT2D eigenvalue weighted by atomic mass is 16.5. The molecule has 1 spiro atoms. The van der Waals surface area contributed by atoms with E-state index < -0.39 is 5.41 Å². The van der Waals surface area contributed by atoms with Crippen molar-refractivity contribution in [3.63, 3.8) is 0 Å². The third-order valence-electron chi connectivity index (χ3n) is 11.7. The van der Waals surface area contributed by atoms with Gasteiger partial charge in [0.1, 0.15) is 11.5 Å². The first-order valence-corrected chi connectivity index (χ1v) is 19.6. The molecular formula is C55H37NO. The molecule has 0 radical (unpaired) electrons. The minimum absolute atomic E-state index is 0.518. The van der Waals surface area contributed by atoms with E-state index in [2.05, 4.69) is 229 Å². The summed E-state index contributed by atoms with van der Waals surface area (Å²) in [5.41, 5.74) is 17.3. The lowest BCUT2D eigenvalue weighted by molar-refractivity contribution is 0.436. The fourth-order valence-electron chi connectivity index (χ4n) is 9.29. The largest absolute Gasteiger partial charge is 0.457 e. The summed E-state index contributed by atoms with van der Waals surface area (Å²) in [6.07, 6.45) is 0. The quantitative estimate of drug-likeness (QED) is 0.169. The summed E-state index contributed by atoms with van der Waals surface area (Å²) in [6, 6.07) is 81.0. The molecule has 1 aliphatic carbocycles. The molecule has 9 aromatic rings. The van der Waals surface area contributed by atoms with Crippen LogP contribution in [-0.4, -0.2) is 0 Å². The molecule has 0 fully saturated rings. The molecule has 0 saturated carbocycles. The lowest BCUT2D eigenvalue weighted by Crippen LogP contribution is -2.32. The zero-order valence-electron chi connectivity index (χ0n) is 31.2. The van der Waals surface area contributed by atoms with Crippen molar-refractivity contribution in [2.24, 2.45) is 0 Å². The van der Waals surface area contributed by atoms with Gasteiger partial charge < -0.3 is 9.64 Å². The molecular weight excluding hydrogens is 691 g/mol. The average molecular weight is 728 g/mol. The van der Waals surface area contributed by atoms with Crippen molar-refractivity contribution in [1.82, 2.24) is 0 Å². The summed E-state index contributed by atoms with van der Waals surface area (Å²) >= 11 is 0. The Labute approximate surface area is 333 Å². The van der Waals surface area contributed by atoms with E-state index in [0.29, 0.717) is 0 Å². The topological polar surface area (TPSA) is 12.5 Å². The Kier molecular flexibility index (Phi) is 7.75. The molecule has 11 rings (SSSR count). The van der Waals surface area contributed by atoms with Crippen molar-refractivity contribution in [1.29, 1.82) is 0 Å². The monoisotopic (exact) mass is 727 g/mol. The van der Waals surface area contributed by atoms with Crippen molar-refractivity contribution in [2.75, 3.05) is 4.90 Å². The Hall–Kier alpha value is -7.42. The first-order chi connectivity index (χ1) is 28.3. The van der Waals surface area contributed by atoms with Crippen LogP contribution in [0.15, 0.2) is 224 Å². The number of anilines is 3. The Balaban J connectivity index is 1.10. The highest BCUT2D eigenvalue weighted by molar-refractivity contribution is 5.97. The van der Waals surface area contributed by atoms with Gasteiger partial charge in [-0.2, -0.15) is 0 Å². The fourth-order valence-corrected chi connectivity index (χ4v) is 9.29. The van der Waals surface area contributed by atoms with E-state index in [0.717, 1.165) is 34.1 Å². The molecule has 2 heteroatoms. The third kappa shape index (κ3) is 5.26. The predicted octanol–water partition coefficient (Wildman–Crippen LogP) is 14.6. The van der Waals surface area contributed by atoms with E-state index in [1.807, 2.05) is 0 Å². The van der Waals surface area contributed by atoms with Gasteiger partial charge in [0.2, 0.25) is 0 Å². The van der Waals surface area contributed by atoms with Gasteiger partial charge in [-0.3, -0.25) is 0 Å². The van der Waals surface area contributed by atoms with E-state index in [1.54, 1.807) is 0 Å². The minimum atomic E-state index is -0.518. The standard InChI is InChI=1S/C55H37NO/c1-3-16-38(17-4-1)40-32-34-43(35-33-40)56(44-22-13-20-41(36-44)39-18-5-2-6-19-39)45-23-14-21-42(37-45)46-25-15-29-51-54(46)47-24-7-8-26-48(47)55(51)49-27-9-11-30-52(49)57-53-31-12-10-28-50(53)55/h1-37H. The van der Waals surface area contributed by atoms with Crippen LogP contribution in [0.25, 0.3) is 44.5 Å². The summed E-state index contributed by atoms with van der Waals surface area (Å²) < 4.78 is 6.60. The maximum absolute atomic E-state index is 6.60. The number of hydrogen-bond acceptors (Lipinski definition) is 2. The van der Waals surface area contributed by atoms with Gasteiger partial charge in [0.25, 0.3) is 0 Å². The molecule has 0 bridgehead atoms. The Morgan fingerprint density at radius 2 is 0.754 bits per heavy atom. The van der Waals surface area contributed by atoms with Gasteiger partial charge in [-0.15, -0.1) is 0 Å². The first-order valence-electron chi connectivity index (χ1n) is 19.6. The maximum Gasteiger partial charge on any atom is 0.132 e. The lowest BCUT2D eigenvalue weighted by atomic mass is 9.66. The molecule has 2 aliphatic rings. The Morgan fingerprint density at radius 1 is 0.298 bits per heavy atom. The van der Waals surface area contributed by atoms with Crippen molar-refractivity contribution in [3.05, 3.63) is 247 Å². The molecule has 2 nitrogen and oxygen atoms in total. The second kappa shape index (κ2) is 13.4. The maximum atomic E-state index is 6.60. The van der Waals surface area contributed by atoms with Gasteiger partial charge in [0.15, 0.2) is 0 Å². The predicted molar refractivity (Wildman–Crippen MR) is 235 cm³/mol. The summed E-state index contributed by atoms with van der Waals surface area (Å²) in [5.74, 6) is 1.80. The van der Waals surface area contributed by atoms with Crippen LogP contribution in [0.4, 0.5) is 17.1 Å². The van der Waals surface area contributed by atoms with Crippen molar-refractivity contribution >= 4 is 17.1 Å². The van der Waals surface area contributed by atoms with E-state index in [4.69, 9.17) is 4.74 Å². The van der Waals surface area contributed by atoms with Crippen LogP contribution < -0.4 is 9.64 Å². The number of hydrogen-bond donors (Lipinski definition) is 0. The summed E-state index contributed by atoms with van der Waals surface area (Å²) in [7, 11) is 0. The SMILES string of the molecule is c1ccc(-c2ccc(N(c3cccc(-c4ccccc4)c3)c3cccc(-c4cccc5c4-c4ccccc4C54c5ccccc5Oc5ccccc54)c3)cc2)cc1. The summed E-state index contributed by atoms with van der Waals surface area (Å²) in [5, 5.41) is 0. The lowest BCUT2D eigenvalue weighted by Gasteiger charge is -2.39. The van der Waals surface area contributed by atoms with Crippen LogP contribution in [0.3, 0.4) is 0 Å². The molecule has 0 aromatic heterocycles.